The summed E-state index contributed by atoms with van der Waals surface area (Å²) in [6.45, 7) is 4.22. The standard InChI is InChI=1S/C13H18O2/c1-13(2)10(8-12(13)14)9-6-4-5-7-11(9)15-3/h4-7,10,12,14H,8H2,1-3H3. The van der Waals surface area contributed by atoms with Crippen LogP contribution >= 0.6 is 0 Å². The van der Waals surface area contributed by atoms with Crippen LogP contribution in [0.25, 0.3) is 0 Å². The molecule has 0 amide bonds. The van der Waals surface area contributed by atoms with Crippen LogP contribution in [0.5, 0.6) is 5.75 Å². The molecule has 1 saturated carbocycles. The monoisotopic (exact) mass is 206 g/mol. The van der Waals surface area contributed by atoms with Crippen molar-refractivity contribution in [3.63, 3.8) is 0 Å². The van der Waals surface area contributed by atoms with Crippen LogP contribution in [0, 0.1) is 5.41 Å². The lowest BCUT2D eigenvalue weighted by molar-refractivity contribution is -0.0631. The zero-order valence-corrected chi connectivity index (χ0v) is 9.53. The van der Waals surface area contributed by atoms with Crippen LogP contribution in [-0.2, 0) is 0 Å². The van der Waals surface area contributed by atoms with Crippen LogP contribution in [-0.4, -0.2) is 18.3 Å². The summed E-state index contributed by atoms with van der Waals surface area (Å²) in [5.41, 5.74) is 1.18. The minimum atomic E-state index is -0.188. The molecule has 0 heterocycles. The lowest BCUT2D eigenvalue weighted by Crippen LogP contribution is -2.47. The van der Waals surface area contributed by atoms with Crippen molar-refractivity contribution in [3.05, 3.63) is 29.8 Å². The fourth-order valence-electron chi connectivity index (χ4n) is 2.38. The predicted molar refractivity (Wildman–Crippen MR) is 60.1 cm³/mol. The molecule has 0 spiro atoms. The van der Waals surface area contributed by atoms with E-state index in [4.69, 9.17) is 4.74 Å². The van der Waals surface area contributed by atoms with Gasteiger partial charge in [0.15, 0.2) is 0 Å². The molecule has 2 rings (SSSR count). The van der Waals surface area contributed by atoms with E-state index >= 15 is 0 Å². The van der Waals surface area contributed by atoms with Crippen LogP contribution in [0.4, 0.5) is 0 Å². The maximum absolute atomic E-state index is 9.73. The number of methoxy groups -OCH3 is 1. The third kappa shape index (κ3) is 1.53. The molecular formula is C13H18O2. The Morgan fingerprint density at radius 1 is 1.33 bits per heavy atom. The highest BCUT2D eigenvalue weighted by Gasteiger charge is 2.48. The maximum Gasteiger partial charge on any atom is 0.122 e. The summed E-state index contributed by atoms with van der Waals surface area (Å²) in [5, 5.41) is 9.73. The third-order valence-corrected chi connectivity index (χ3v) is 3.73. The Kier molecular flexibility index (Phi) is 2.47. The maximum atomic E-state index is 9.73. The van der Waals surface area contributed by atoms with Crippen molar-refractivity contribution in [1.29, 1.82) is 0 Å². The van der Waals surface area contributed by atoms with Gasteiger partial charge in [-0.15, -0.1) is 0 Å². The van der Waals surface area contributed by atoms with Gasteiger partial charge in [0.2, 0.25) is 0 Å². The molecule has 1 aromatic rings. The van der Waals surface area contributed by atoms with E-state index in [1.165, 1.54) is 5.56 Å². The first-order chi connectivity index (χ1) is 7.07. The van der Waals surface area contributed by atoms with E-state index in [0.29, 0.717) is 5.92 Å². The first-order valence-corrected chi connectivity index (χ1v) is 5.38. The number of aliphatic hydroxyl groups excluding tert-OH is 1. The van der Waals surface area contributed by atoms with Gasteiger partial charge in [0.1, 0.15) is 5.75 Å². The van der Waals surface area contributed by atoms with Crippen molar-refractivity contribution < 1.29 is 9.84 Å². The SMILES string of the molecule is COc1ccccc1C1CC(O)C1(C)C. The predicted octanol–water partition coefficient (Wildman–Crippen LogP) is 2.57. The number of aliphatic hydroxyl groups is 1. The lowest BCUT2D eigenvalue weighted by Gasteiger charge is -2.49. The van der Waals surface area contributed by atoms with E-state index in [1.54, 1.807) is 7.11 Å². The Labute approximate surface area is 90.9 Å². The molecule has 1 N–H and O–H groups in total. The van der Waals surface area contributed by atoms with Crippen LogP contribution in [0.1, 0.15) is 31.7 Å². The summed E-state index contributed by atoms with van der Waals surface area (Å²) < 4.78 is 5.35. The summed E-state index contributed by atoms with van der Waals surface area (Å²) >= 11 is 0. The highest BCUT2D eigenvalue weighted by molar-refractivity contribution is 5.39. The second-order valence-corrected chi connectivity index (χ2v) is 4.87. The molecular weight excluding hydrogens is 188 g/mol. The second-order valence-electron chi connectivity index (χ2n) is 4.87. The van der Waals surface area contributed by atoms with Gasteiger partial charge in [-0.2, -0.15) is 0 Å². The summed E-state index contributed by atoms with van der Waals surface area (Å²) in [5.74, 6) is 1.34. The normalized spacial score (nSPS) is 28.3. The summed E-state index contributed by atoms with van der Waals surface area (Å²) in [6.07, 6.45) is 0.653. The van der Waals surface area contributed by atoms with Crippen LogP contribution in [0.15, 0.2) is 24.3 Å². The minimum absolute atomic E-state index is 0.0331. The molecule has 0 saturated heterocycles. The minimum Gasteiger partial charge on any atom is -0.496 e. The van der Waals surface area contributed by atoms with E-state index in [-0.39, 0.29) is 11.5 Å². The molecule has 0 bridgehead atoms. The van der Waals surface area contributed by atoms with Crippen molar-refractivity contribution >= 4 is 0 Å². The number of ether oxygens (including phenoxy) is 1. The Balaban J connectivity index is 2.31. The molecule has 2 atom stereocenters. The molecule has 0 aromatic heterocycles. The number of benzene rings is 1. The molecule has 2 heteroatoms. The van der Waals surface area contributed by atoms with E-state index in [1.807, 2.05) is 18.2 Å². The van der Waals surface area contributed by atoms with E-state index in [0.717, 1.165) is 12.2 Å². The number of para-hydroxylation sites is 1. The highest BCUT2D eigenvalue weighted by atomic mass is 16.5. The Bertz CT molecular complexity index is 357. The van der Waals surface area contributed by atoms with Crippen LogP contribution in [0.3, 0.4) is 0 Å². The van der Waals surface area contributed by atoms with Gasteiger partial charge in [0.05, 0.1) is 13.2 Å². The van der Waals surface area contributed by atoms with Gasteiger partial charge < -0.3 is 9.84 Å². The summed E-state index contributed by atoms with van der Waals surface area (Å²) in [7, 11) is 1.70. The molecule has 15 heavy (non-hydrogen) atoms. The van der Waals surface area contributed by atoms with E-state index in [9.17, 15) is 5.11 Å². The van der Waals surface area contributed by atoms with Crippen molar-refractivity contribution in [2.45, 2.75) is 32.3 Å². The third-order valence-electron chi connectivity index (χ3n) is 3.73. The zero-order chi connectivity index (χ0) is 11.1. The first kappa shape index (κ1) is 10.5. The number of rotatable bonds is 2. The molecule has 82 valence electrons. The van der Waals surface area contributed by atoms with Crippen LogP contribution in [0.2, 0.25) is 0 Å². The second kappa shape index (κ2) is 3.53. The van der Waals surface area contributed by atoms with Crippen molar-refractivity contribution in [1.82, 2.24) is 0 Å². The lowest BCUT2D eigenvalue weighted by atomic mass is 9.57. The molecule has 1 aliphatic rings. The molecule has 1 aromatic carbocycles. The van der Waals surface area contributed by atoms with Gasteiger partial charge in [-0.1, -0.05) is 32.0 Å². The van der Waals surface area contributed by atoms with Gasteiger partial charge in [0, 0.05) is 0 Å². The van der Waals surface area contributed by atoms with Gasteiger partial charge in [-0.3, -0.25) is 0 Å². The molecule has 1 aliphatic carbocycles. The topological polar surface area (TPSA) is 29.5 Å². The largest absolute Gasteiger partial charge is 0.496 e. The number of hydrogen-bond donors (Lipinski definition) is 1. The van der Waals surface area contributed by atoms with Crippen molar-refractivity contribution in [2.24, 2.45) is 5.41 Å². The Hall–Kier alpha value is -1.02. The van der Waals surface area contributed by atoms with Gasteiger partial charge in [-0.25, -0.2) is 0 Å². The van der Waals surface area contributed by atoms with E-state index in [2.05, 4.69) is 19.9 Å². The molecule has 2 unspecified atom stereocenters. The number of hydrogen-bond acceptors (Lipinski definition) is 2. The summed E-state index contributed by atoms with van der Waals surface area (Å²) in [6, 6.07) is 8.08. The summed E-state index contributed by atoms with van der Waals surface area (Å²) in [4.78, 5) is 0. The van der Waals surface area contributed by atoms with Crippen molar-refractivity contribution in [2.75, 3.05) is 7.11 Å². The fourth-order valence-corrected chi connectivity index (χ4v) is 2.38. The zero-order valence-electron chi connectivity index (χ0n) is 9.53. The van der Waals surface area contributed by atoms with Gasteiger partial charge >= 0.3 is 0 Å². The average Bonchev–Trinajstić information content (AvgIpc) is 2.25. The van der Waals surface area contributed by atoms with Crippen LogP contribution < -0.4 is 4.74 Å². The smallest absolute Gasteiger partial charge is 0.122 e. The van der Waals surface area contributed by atoms with Gasteiger partial charge in [0.25, 0.3) is 0 Å². The first-order valence-electron chi connectivity index (χ1n) is 5.38. The molecule has 2 nitrogen and oxygen atoms in total. The van der Waals surface area contributed by atoms with Crippen molar-refractivity contribution in [3.8, 4) is 5.75 Å². The Morgan fingerprint density at radius 3 is 2.53 bits per heavy atom. The molecule has 0 radical (unpaired) electrons. The molecule has 1 fully saturated rings. The Morgan fingerprint density at radius 2 is 2.00 bits per heavy atom. The highest BCUT2D eigenvalue weighted by Crippen LogP contribution is 2.54. The fraction of sp³-hybridized carbons (Fsp3) is 0.538. The average molecular weight is 206 g/mol. The van der Waals surface area contributed by atoms with Gasteiger partial charge in [-0.05, 0) is 29.4 Å². The molecule has 0 aliphatic heterocycles. The van der Waals surface area contributed by atoms with E-state index < -0.39 is 0 Å². The quantitative estimate of drug-likeness (QED) is 0.805.